The van der Waals surface area contributed by atoms with Crippen LogP contribution in [0.3, 0.4) is 0 Å². The summed E-state index contributed by atoms with van der Waals surface area (Å²) in [5, 5.41) is 0. The first kappa shape index (κ1) is 13.6. The minimum Gasteiger partial charge on any atom is -0.298 e. The Bertz CT molecular complexity index is 737. The molecule has 100 valence electrons. The Hall–Kier alpha value is -1.39. The number of hydrogen-bond donors (Lipinski definition) is 1. The Balaban J connectivity index is 2.13. The zero-order valence-electron chi connectivity index (χ0n) is 10.5. The molecule has 2 aromatic rings. The van der Waals surface area contributed by atoms with Crippen LogP contribution in [0, 0.1) is 0 Å². The first-order valence-electron chi connectivity index (χ1n) is 6.21. The quantitative estimate of drug-likeness (QED) is 0.733. The van der Waals surface area contributed by atoms with E-state index in [-0.39, 0.29) is 17.3 Å². The molecule has 0 atom stereocenters. The highest BCUT2D eigenvalue weighted by Crippen LogP contribution is 2.39. The predicted molar refractivity (Wildman–Crippen MR) is 85.6 cm³/mol. The van der Waals surface area contributed by atoms with Crippen LogP contribution in [0.15, 0.2) is 40.9 Å². The molecule has 0 amide bonds. The smallest absolute Gasteiger partial charge is 0.194 e. The van der Waals surface area contributed by atoms with Gasteiger partial charge in [-0.25, -0.2) is 0 Å². The van der Waals surface area contributed by atoms with Crippen LogP contribution in [0.5, 0.6) is 0 Å². The van der Waals surface area contributed by atoms with Gasteiger partial charge in [0.05, 0.1) is 0 Å². The van der Waals surface area contributed by atoms with Gasteiger partial charge in [0.2, 0.25) is 0 Å². The first-order valence-corrected chi connectivity index (χ1v) is 7.63. The van der Waals surface area contributed by atoms with Crippen LogP contribution in [-0.2, 0) is 11.2 Å². The van der Waals surface area contributed by atoms with Crippen LogP contribution in [-0.4, -0.2) is 17.3 Å². The fraction of sp³-hybridized carbons (Fsp3) is 0.125. The SMILES string of the molecule is O=C(CS)Cc1cc2c(cc1Br)-c1ccccc1C2=O. The molecule has 0 spiro atoms. The van der Waals surface area contributed by atoms with E-state index in [9.17, 15) is 9.59 Å². The molecule has 0 N–H and O–H groups in total. The number of halogens is 1. The van der Waals surface area contributed by atoms with E-state index in [1.54, 1.807) is 0 Å². The maximum Gasteiger partial charge on any atom is 0.194 e. The topological polar surface area (TPSA) is 34.1 Å². The van der Waals surface area contributed by atoms with Crippen molar-refractivity contribution in [3.8, 4) is 11.1 Å². The largest absolute Gasteiger partial charge is 0.298 e. The minimum atomic E-state index is 0.0303. The van der Waals surface area contributed by atoms with Gasteiger partial charge in [0, 0.05) is 27.8 Å². The lowest BCUT2D eigenvalue weighted by atomic mass is 10.0. The van der Waals surface area contributed by atoms with E-state index in [1.165, 1.54) is 0 Å². The summed E-state index contributed by atoms with van der Waals surface area (Å²) in [5.74, 6) is 0.275. The maximum atomic E-state index is 12.4. The molecule has 4 heteroatoms. The summed E-state index contributed by atoms with van der Waals surface area (Å²) < 4.78 is 0.857. The van der Waals surface area contributed by atoms with Gasteiger partial charge in [-0.15, -0.1) is 0 Å². The number of benzene rings is 2. The number of rotatable bonds is 3. The summed E-state index contributed by atoms with van der Waals surface area (Å²) in [7, 11) is 0. The average Bonchev–Trinajstić information content (AvgIpc) is 2.73. The summed E-state index contributed by atoms with van der Waals surface area (Å²) in [6, 6.07) is 11.3. The molecule has 0 heterocycles. The van der Waals surface area contributed by atoms with E-state index in [0.717, 1.165) is 26.7 Å². The van der Waals surface area contributed by atoms with E-state index in [0.29, 0.717) is 12.0 Å². The highest BCUT2D eigenvalue weighted by Gasteiger charge is 2.27. The average molecular weight is 347 g/mol. The standard InChI is InChI=1S/C16H11BrO2S/c17-15-7-13-11-3-1-2-4-12(11)16(19)14(13)6-9(15)5-10(18)8-20/h1-4,6-7,20H,5,8H2. The van der Waals surface area contributed by atoms with Crippen LogP contribution in [0.4, 0.5) is 0 Å². The zero-order valence-corrected chi connectivity index (χ0v) is 13.0. The lowest BCUT2D eigenvalue weighted by Gasteiger charge is -2.07. The summed E-state index contributed by atoms with van der Waals surface area (Å²) in [6.45, 7) is 0. The van der Waals surface area contributed by atoms with Crippen LogP contribution in [0.25, 0.3) is 11.1 Å². The number of thiol groups is 1. The predicted octanol–water partition coefficient (Wildman–Crippen LogP) is 3.70. The molecular formula is C16H11BrO2S. The second kappa shape index (κ2) is 5.19. The van der Waals surface area contributed by atoms with Gasteiger partial charge in [-0.1, -0.05) is 40.2 Å². The van der Waals surface area contributed by atoms with Gasteiger partial charge < -0.3 is 0 Å². The summed E-state index contributed by atoms with van der Waals surface area (Å²) in [6.07, 6.45) is 0.293. The third-order valence-corrected chi connectivity index (χ3v) is 4.55. The van der Waals surface area contributed by atoms with Crippen molar-refractivity contribution in [1.82, 2.24) is 0 Å². The van der Waals surface area contributed by atoms with Crippen LogP contribution in [0.2, 0.25) is 0 Å². The molecule has 0 saturated heterocycles. The summed E-state index contributed by atoms with van der Waals surface area (Å²) >= 11 is 7.48. The molecule has 0 aromatic heterocycles. The Morgan fingerprint density at radius 1 is 1.05 bits per heavy atom. The van der Waals surface area contributed by atoms with Gasteiger partial charge in [0.25, 0.3) is 0 Å². The van der Waals surface area contributed by atoms with E-state index in [1.807, 2.05) is 36.4 Å². The third-order valence-electron chi connectivity index (χ3n) is 3.46. The molecule has 0 aliphatic heterocycles. The van der Waals surface area contributed by atoms with Crippen molar-refractivity contribution in [2.45, 2.75) is 6.42 Å². The van der Waals surface area contributed by atoms with Crippen molar-refractivity contribution in [2.75, 3.05) is 5.75 Å². The normalized spacial score (nSPS) is 12.2. The van der Waals surface area contributed by atoms with Crippen molar-refractivity contribution in [1.29, 1.82) is 0 Å². The van der Waals surface area contributed by atoms with Crippen molar-refractivity contribution in [2.24, 2.45) is 0 Å². The van der Waals surface area contributed by atoms with E-state index < -0.39 is 0 Å². The van der Waals surface area contributed by atoms with Crippen molar-refractivity contribution >= 4 is 40.1 Å². The van der Waals surface area contributed by atoms with Crippen LogP contribution < -0.4 is 0 Å². The number of Topliss-reactive ketones (excluding diaryl/α,β-unsaturated/α-hetero) is 1. The Labute approximate surface area is 130 Å². The van der Waals surface area contributed by atoms with E-state index >= 15 is 0 Å². The molecule has 20 heavy (non-hydrogen) atoms. The zero-order chi connectivity index (χ0) is 14.3. The van der Waals surface area contributed by atoms with Gasteiger partial charge in [-0.05, 0) is 28.8 Å². The molecule has 2 nitrogen and oxygen atoms in total. The molecule has 0 saturated carbocycles. The number of carbonyl (C=O) groups excluding carboxylic acids is 2. The first-order chi connectivity index (χ1) is 9.61. The lowest BCUT2D eigenvalue weighted by molar-refractivity contribution is -0.115. The van der Waals surface area contributed by atoms with Gasteiger partial charge in [0.1, 0.15) is 5.78 Å². The highest BCUT2D eigenvalue weighted by atomic mass is 79.9. The Morgan fingerprint density at radius 3 is 2.45 bits per heavy atom. The van der Waals surface area contributed by atoms with Crippen molar-refractivity contribution < 1.29 is 9.59 Å². The monoisotopic (exact) mass is 346 g/mol. The summed E-state index contributed by atoms with van der Waals surface area (Å²) in [5.41, 5.74) is 4.13. The van der Waals surface area contributed by atoms with E-state index in [4.69, 9.17) is 0 Å². The second-order valence-electron chi connectivity index (χ2n) is 4.74. The van der Waals surface area contributed by atoms with Crippen molar-refractivity contribution in [3.63, 3.8) is 0 Å². The molecule has 1 aliphatic rings. The third kappa shape index (κ3) is 2.13. The van der Waals surface area contributed by atoms with Crippen LogP contribution >= 0.6 is 28.6 Å². The molecule has 2 aromatic carbocycles. The van der Waals surface area contributed by atoms with Gasteiger partial charge in [0.15, 0.2) is 5.78 Å². The molecule has 3 rings (SSSR count). The number of carbonyl (C=O) groups is 2. The minimum absolute atomic E-state index is 0.0303. The Morgan fingerprint density at radius 2 is 1.75 bits per heavy atom. The Kier molecular flexibility index (Phi) is 3.52. The molecular weight excluding hydrogens is 336 g/mol. The van der Waals surface area contributed by atoms with Gasteiger partial charge in [-0.2, -0.15) is 12.6 Å². The number of hydrogen-bond acceptors (Lipinski definition) is 3. The second-order valence-corrected chi connectivity index (χ2v) is 5.91. The van der Waals surface area contributed by atoms with Crippen molar-refractivity contribution in [3.05, 3.63) is 57.6 Å². The molecule has 0 unspecified atom stereocenters. The maximum absolute atomic E-state index is 12.4. The molecule has 0 radical (unpaired) electrons. The fourth-order valence-electron chi connectivity index (χ4n) is 2.49. The van der Waals surface area contributed by atoms with Gasteiger partial charge in [-0.3, -0.25) is 9.59 Å². The van der Waals surface area contributed by atoms with E-state index in [2.05, 4.69) is 28.6 Å². The number of ketones is 2. The molecule has 1 aliphatic carbocycles. The fourth-order valence-corrected chi connectivity index (χ4v) is 3.09. The highest BCUT2D eigenvalue weighted by molar-refractivity contribution is 9.10. The molecule has 0 fully saturated rings. The molecule has 0 bridgehead atoms. The van der Waals surface area contributed by atoms with Crippen LogP contribution in [0.1, 0.15) is 21.5 Å². The lowest BCUT2D eigenvalue weighted by Crippen LogP contribution is -2.06. The summed E-state index contributed by atoms with van der Waals surface area (Å²) in [4.78, 5) is 23.9. The number of fused-ring (bicyclic) bond motifs is 3. The van der Waals surface area contributed by atoms with Gasteiger partial charge >= 0.3 is 0 Å².